The van der Waals surface area contributed by atoms with Crippen molar-refractivity contribution in [3.63, 3.8) is 0 Å². The van der Waals surface area contributed by atoms with Crippen molar-refractivity contribution < 1.29 is 30.9 Å². The Labute approximate surface area is 139 Å². The molecular weight excluding hydrogens is 373 g/mol. The predicted molar refractivity (Wildman–Crippen MR) is 78.4 cm³/mol. The Balaban J connectivity index is 2.22. The van der Waals surface area contributed by atoms with Crippen LogP contribution in [0, 0.1) is 6.92 Å². The average Bonchev–Trinajstić information content (AvgIpc) is 2.82. The van der Waals surface area contributed by atoms with Gasteiger partial charge < -0.3 is 9.84 Å². The number of hydrogen-bond acceptors (Lipinski definition) is 5. The summed E-state index contributed by atoms with van der Waals surface area (Å²) in [6, 6.07) is 3.47. The van der Waals surface area contributed by atoms with Crippen LogP contribution in [0.4, 0.5) is 19.0 Å². The van der Waals surface area contributed by atoms with Gasteiger partial charge in [-0.1, -0.05) is 16.8 Å². The molecule has 0 fully saturated rings. The van der Waals surface area contributed by atoms with Crippen LogP contribution >= 0.6 is 11.6 Å². The van der Waals surface area contributed by atoms with Gasteiger partial charge >= 0.3 is 6.18 Å². The topological polar surface area (TPSA) is 89.3 Å². The highest BCUT2D eigenvalue weighted by atomic mass is 35.5. The van der Waals surface area contributed by atoms with Gasteiger partial charge in [0.25, 0.3) is 0 Å². The van der Waals surface area contributed by atoms with Crippen molar-refractivity contribution in [1.29, 1.82) is 0 Å². The maximum atomic E-state index is 12.8. The average molecular weight is 383 g/mol. The van der Waals surface area contributed by atoms with Gasteiger partial charge in [0.2, 0.25) is 5.91 Å². The molecule has 0 radical (unpaired) electrons. The number of aromatic nitrogens is 1. The third kappa shape index (κ3) is 4.26. The number of carbonyl (C=O) groups is 1. The van der Waals surface area contributed by atoms with Crippen molar-refractivity contribution in [1.82, 2.24) is 5.16 Å². The van der Waals surface area contributed by atoms with Crippen molar-refractivity contribution in [2.45, 2.75) is 18.0 Å². The molecule has 1 amide bonds. The van der Waals surface area contributed by atoms with E-state index in [1.807, 2.05) is 0 Å². The summed E-state index contributed by atoms with van der Waals surface area (Å²) in [7, 11) is -4.30. The van der Waals surface area contributed by atoms with E-state index in [9.17, 15) is 26.4 Å². The van der Waals surface area contributed by atoms with Crippen LogP contribution in [-0.2, 0) is 20.8 Å². The maximum Gasteiger partial charge on any atom is 0.417 e. The lowest BCUT2D eigenvalue weighted by atomic mass is 10.2. The molecule has 0 atom stereocenters. The number of alkyl halides is 3. The van der Waals surface area contributed by atoms with Gasteiger partial charge in [0, 0.05) is 6.07 Å². The van der Waals surface area contributed by atoms with Crippen LogP contribution in [0.25, 0.3) is 0 Å². The monoisotopic (exact) mass is 382 g/mol. The Morgan fingerprint density at radius 2 is 2.00 bits per heavy atom. The standard InChI is InChI=1S/C13H10ClF3N2O4S/c1-7-4-11(19-23-7)18-12(20)6-24(21,22)8-2-3-10(14)9(5-8)13(15,16)17/h2-5H,6H2,1H3,(H,18,19,20). The molecule has 2 aromatic rings. The number of anilines is 1. The predicted octanol–water partition coefficient (Wildman–Crippen LogP) is 3.07. The van der Waals surface area contributed by atoms with Crippen molar-refractivity contribution in [2.75, 3.05) is 11.1 Å². The van der Waals surface area contributed by atoms with E-state index < -0.39 is 43.2 Å². The summed E-state index contributed by atoms with van der Waals surface area (Å²) in [6.07, 6.45) is -4.82. The number of aryl methyl sites for hydroxylation is 1. The molecule has 130 valence electrons. The Kier molecular flexibility index (Phi) is 4.90. The number of nitrogens with zero attached hydrogens (tertiary/aromatic N) is 1. The van der Waals surface area contributed by atoms with Gasteiger partial charge in [0.15, 0.2) is 15.7 Å². The number of rotatable bonds is 4. The van der Waals surface area contributed by atoms with Crippen molar-refractivity contribution in [2.24, 2.45) is 0 Å². The first kappa shape index (κ1) is 18.3. The molecule has 0 saturated heterocycles. The molecule has 0 unspecified atom stereocenters. The highest BCUT2D eigenvalue weighted by Crippen LogP contribution is 2.36. The number of benzene rings is 1. The molecule has 1 heterocycles. The molecule has 1 aromatic heterocycles. The summed E-state index contributed by atoms with van der Waals surface area (Å²) in [4.78, 5) is 11.1. The summed E-state index contributed by atoms with van der Waals surface area (Å²) in [5.74, 6) is -1.63. The lowest BCUT2D eigenvalue weighted by Gasteiger charge is -2.11. The van der Waals surface area contributed by atoms with Crippen LogP contribution < -0.4 is 5.32 Å². The molecule has 0 aliphatic heterocycles. The number of amides is 1. The van der Waals surface area contributed by atoms with Crippen LogP contribution in [-0.4, -0.2) is 25.2 Å². The SMILES string of the molecule is Cc1cc(NC(=O)CS(=O)(=O)c2ccc(Cl)c(C(F)(F)F)c2)no1. The van der Waals surface area contributed by atoms with Gasteiger partial charge in [-0.15, -0.1) is 0 Å². The van der Waals surface area contributed by atoms with E-state index in [2.05, 4.69) is 10.5 Å². The number of nitrogens with one attached hydrogen (secondary N) is 1. The number of carbonyl (C=O) groups excluding carboxylic acids is 1. The van der Waals surface area contributed by atoms with Gasteiger partial charge in [-0.2, -0.15) is 13.2 Å². The Morgan fingerprint density at radius 1 is 1.33 bits per heavy atom. The number of halogens is 4. The van der Waals surface area contributed by atoms with E-state index in [1.54, 1.807) is 6.92 Å². The minimum absolute atomic E-state index is 0.000198. The Morgan fingerprint density at radius 3 is 2.54 bits per heavy atom. The number of hydrogen-bond donors (Lipinski definition) is 1. The van der Waals surface area contributed by atoms with E-state index in [0.717, 1.165) is 12.1 Å². The zero-order chi connectivity index (χ0) is 18.1. The van der Waals surface area contributed by atoms with Crippen LogP contribution in [0.3, 0.4) is 0 Å². The molecule has 2 rings (SSSR count). The highest BCUT2D eigenvalue weighted by Gasteiger charge is 2.34. The molecule has 6 nitrogen and oxygen atoms in total. The third-order valence-electron chi connectivity index (χ3n) is 2.82. The van der Waals surface area contributed by atoms with Crippen molar-refractivity contribution >= 4 is 33.2 Å². The van der Waals surface area contributed by atoms with Crippen molar-refractivity contribution in [3.05, 3.63) is 40.6 Å². The first-order chi connectivity index (χ1) is 11.0. The number of sulfone groups is 1. The summed E-state index contributed by atoms with van der Waals surface area (Å²) in [5, 5.41) is 4.99. The second-order valence-electron chi connectivity index (χ2n) is 4.77. The molecule has 24 heavy (non-hydrogen) atoms. The molecule has 11 heteroatoms. The molecule has 1 aromatic carbocycles. The van der Waals surface area contributed by atoms with Crippen LogP contribution in [0.15, 0.2) is 33.7 Å². The van der Waals surface area contributed by atoms with E-state index in [0.29, 0.717) is 11.8 Å². The van der Waals surface area contributed by atoms with Crippen LogP contribution in [0.1, 0.15) is 11.3 Å². The smallest absolute Gasteiger partial charge is 0.360 e. The van der Waals surface area contributed by atoms with E-state index >= 15 is 0 Å². The van der Waals surface area contributed by atoms with Crippen molar-refractivity contribution in [3.8, 4) is 0 Å². The van der Waals surface area contributed by atoms with Gasteiger partial charge in [-0.25, -0.2) is 8.42 Å². The van der Waals surface area contributed by atoms with Gasteiger partial charge in [0.05, 0.1) is 15.5 Å². The summed E-state index contributed by atoms with van der Waals surface area (Å²) < 4.78 is 67.3. The maximum absolute atomic E-state index is 12.8. The molecule has 0 bridgehead atoms. The van der Waals surface area contributed by atoms with Crippen LogP contribution in [0.5, 0.6) is 0 Å². The Bertz CT molecular complexity index is 878. The fourth-order valence-corrected chi connectivity index (χ4v) is 3.16. The van der Waals surface area contributed by atoms with Gasteiger partial charge in [-0.05, 0) is 25.1 Å². The summed E-state index contributed by atoms with van der Waals surface area (Å²) >= 11 is 5.43. The fourth-order valence-electron chi connectivity index (χ4n) is 1.78. The lowest BCUT2D eigenvalue weighted by molar-refractivity contribution is -0.137. The second kappa shape index (κ2) is 6.44. The largest absolute Gasteiger partial charge is 0.417 e. The minimum Gasteiger partial charge on any atom is -0.360 e. The minimum atomic E-state index is -4.82. The molecule has 1 N–H and O–H groups in total. The zero-order valence-electron chi connectivity index (χ0n) is 12.0. The first-order valence-corrected chi connectivity index (χ1v) is 8.35. The third-order valence-corrected chi connectivity index (χ3v) is 4.76. The Hall–Kier alpha value is -2.07. The molecule has 0 spiro atoms. The quantitative estimate of drug-likeness (QED) is 0.877. The molecular formula is C13H10ClF3N2O4S. The van der Waals surface area contributed by atoms with Gasteiger partial charge in [0.1, 0.15) is 11.5 Å². The molecule has 0 aliphatic rings. The first-order valence-electron chi connectivity index (χ1n) is 6.32. The zero-order valence-corrected chi connectivity index (χ0v) is 13.6. The normalized spacial score (nSPS) is 12.2. The molecule has 0 aliphatic carbocycles. The van der Waals surface area contributed by atoms with E-state index in [4.69, 9.17) is 16.1 Å². The summed E-state index contributed by atoms with van der Waals surface area (Å²) in [5.41, 5.74) is -1.29. The van der Waals surface area contributed by atoms with E-state index in [1.165, 1.54) is 6.07 Å². The van der Waals surface area contributed by atoms with Crippen LogP contribution in [0.2, 0.25) is 5.02 Å². The molecule has 0 saturated carbocycles. The lowest BCUT2D eigenvalue weighted by Crippen LogP contribution is -2.23. The summed E-state index contributed by atoms with van der Waals surface area (Å²) in [6.45, 7) is 1.56. The van der Waals surface area contributed by atoms with Gasteiger partial charge in [-0.3, -0.25) is 4.79 Å². The fraction of sp³-hybridized carbons (Fsp3) is 0.231. The highest BCUT2D eigenvalue weighted by molar-refractivity contribution is 7.92. The second-order valence-corrected chi connectivity index (χ2v) is 7.17. The van der Waals surface area contributed by atoms with E-state index in [-0.39, 0.29) is 5.82 Å².